The molecule has 2 aromatic rings. The van der Waals surface area contributed by atoms with Crippen LogP contribution < -0.4 is 0 Å². The fourth-order valence-electron chi connectivity index (χ4n) is 3.74. The summed E-state index contributed by atoms with van der Waals surface area (Å²) in [7, 11) is 0. The highest BCUT2D eigenvalue weighted by molar-refractivity contribution is 5.76. The normalized spacial score (nSPS) is 17.1. The van der Waals surface area contributed by atoms with E-state index in [4.69, 9.17) is 4.52 Å². The highest BCUT2D eigenvalue weighted by Crippen LogP contribution is 2.28. The van der Waals surface area contributed by atoms with Crippen LogP contribution in [-0.2, 0) is 4.79 Å². The fourth-order valence-corrected chi connectivity index (χ4v) is 3.74. The van der Waals surface area contributed by atoms with Gasteiger partial charge in [0.1, 0.15) is 5.82 Å². The Morgan fingerprint density at radius 3 is 2.71 bits per heavy atom. The maximum absolute atomic E-state index is 13.1. The van der Waals surface area contributed by atoms with Crippen LogP contribution in [0.1, 0.15) is 76.5 Å². The minimum Gasteiger partial charge on any atom is -0.342 e. The molecule has 5 nitrogen and oxygen atoms in total. The number of nitrogens with zero attached hydrogens (tertiary/aromatic N) is 3. The van der Waals surface area contributed by atoms with Crippen molar-refractivity contribution < 1.29 is 13.7 Å². The minimum atomic E-state index is -0.292. The topological polar surface area (TPSA) is 59.2 Å². The van der Waals surface area contributed by atoms with E-state index in [1.165, 1.54) is 37.8 Å². The Bertz CT molecular complexity index is 744. The van der Waals surface area contributed by atoms with Gasteiger partial charge in [0, 0.05) is 25.1 Å². The number of rotatable bonds is 9. The van der Waals surface area contributed by atoms with Gasteiger partial charge in [-0.2, -0.15) is 4.98 Å². The van der Waals surface area contributed by atoms with Crippen LogP contribution in [0.15, 0.2) is 28.8 Å². The lowest BCUT2D eigenvalue weighted by Crippen LogP contribution is -2.39. The van der Waals surface area contributed by atoms with Crippen molar-refractivity contribution in [1.29, 1.82) is 0 Å². The van der Waals surface area contributed by atoms with Crippen LogP contribution in [0.2, 0.25) is 0 Å². The van der Waals surface area contributed by atoms with E-state index in [-0.39, 0.29) is 17.6 Å². The number of halogens is 1. The molecule has 1 aromatic heterocycles. The van der Waals surface area contributed by atoms with Gasteiger partial charge in [-0.1, -0.05) is 44.2 Å². The molecule has 0 N–H and O–H groups in total. The lowest BCUT2D eigenvalue weighted by molar-refractivity contribution is -0.132. The second kappa shape index (κ2) is 10.3. The van der Waals surface area contributed by atoms with E-state index in [1.807, 2.05) is 4.90 Å². The molecule has 0 aliphatic carbocycles. The number of amides is 1. The van der Waals surface area contributed by atoms with Crippen molar-refractivity contribution in [2.75, 3.05) is 13.1 Å². The first-order valence-electron chi connectivity index (χ1n) is 10.5. The first-order chi connectivity index (χ1) is 13.7. The second-order valence-electron chi connectivity index (χ2n) is 7.66. The second-order valence-corrected chi connectivity index (χ2v) is 7.66. The number of likely N-dealkylation sites (tertiary alicyclic amines) is 1. The van der Waals surface area contributed by atoms with Crippen LogP contribution in [0, 0.1) is 5.82 Å². The monoisotopic (exact) mass is 387 g/mol. The highest BCUT2D eigenvalue weighted by atomic mass is 19.1. The molecule has 0 bridgehead atoms. The molecular weight excluding hydrogens is 357 g/mol. The molecule has 6 heteroatoms. The SMILES string of the molecule is CCCCCCCCC(=O)N1CCCC(c2nc(-c3ccc(F)cc3)no2)C1. The smallest absolute Gasteiger partial charge is 0.231 e. The van der Waals surface area contributed by atoms with Gasteiger partial charge in [0.2, 0.25) is 17.6 Å². The van der Waals surface area contributed by atoms with Crippen molar-refractivity contribution in [3.63, 3.8) is 0 Å². The summed E-state index contributed by atoms with van der Waals surface area (Å²) < 4.78 is 18.5. The van der Waals surface area contributed by atoms with Gasteiger partial charge in [0.25, 0.3) is 0 Å². The van der Waals surface area contributed by atoms with Crippen LogP contribution in [0.3, 0.4) is 0 Å². The molecule has 1 saturated heterocycles. The first kappa shape index (κ1) is 20.5. The highest BCUT2D eigenvalue weighted by Gasteiger charge is 2.28. The molecule has 152 valence electrons. The molecule has 1 aliphatic heterocycles. The molecule has 1 amide bonds. The van der Waals surface area contributed by atoms with Crippen LogP contribution in [0.4, 0.5) is 4.39 Å². The first-order valence-corrected chi connectivity index (χ1v) is 10.5. The maximum atomic E-state index is 13.1. The Morgan fingerprint density at radius 2 is 1.93 bits per heavy atom. The van der Waals surface area contributed by atoms with Crippen molar-refractivity contribution in [1.82, 2.24) is 15.0 Å². The van der Waals surface area contributed by atoms with Crippen LogP contribution in [0.5, 0.6) is 0 Å². The number of aromatic nitrogens is 2. The standard InChI is InChI=1S/C22H30FN3O2/c1-2-3-4-5-6-7-10-20(27)26-15-8-9-18(16-26)22-24-21(25-28-22)17-11-13-19(23)14-12-17/h11-14,18H,2-10,15-16H2,1H3. The van der Waals surface area contributed by atoms with Crippen molar-refractivity contribution in [2.45, 2.75) is 70.6 Å². The summed E-state index contributed by atoms with van der Waals surface area (Å²) in [5, 5.41) is 4.03. The molecule has 0 spiro atoms. The Morgan fingerprint density at radius 1 is 1.18 bits per heavy atom. The number of benzene rings is 1. The average molecular weight is 387 g/mol. The molecular formula is C22H30FN3O2. The quantitative estimate of drug-likeness (QED) is 0.546. The zero-order chi connectivity index (χ0) is 19.8. The predicted molar refractivity (Wildman–Crippen MR) is 106 cm³/mol. The van der Waals surface area contributed by atoms with Gasteiger partial charge in [-0.05, 0) is 43.5 Å². The Labute approximate surface area is 166 Å². The largest absolute Gasteiger partial charge is 0.342 e. The molecule has 1 aliphatic rings. The molecule has 1 atom stereocenters. The molecule has 28 heavy (non-hydrogen) atoms. The molecule has 0 saturated carbocycles. The van der Waals surface area contributed by atoms with Crippen LogP contribution >= 0.6 is 0 Å². The number of hydrogen-bond donors (Lipinski definition) is 0. The van der Waals surface area contributed by atoms with E-state index in [2.05, 4.69) is 17.1 Å². The zero-order valence-electron chi connectivity index (χ0n) is 16.7. The Balaban J connectivity index is 1.50. The van der Waals surface area contributed by atoms with Gasteiger partial charge in [0.15, 0.2) is 0 Å². The molecule has 3 rings (SSSR count). The van der Waals surface area contributed by atoms with E-state index in [9.17, 15) is 9.18 Å². The van der Waals surface area contributed by atoms with E-state index in [1.54, 1.807) is 12.1 Å². The lowest BCUT2D eigenvalue weighted by atomic mass is 9.97. The summed E-state index contributed by atoms with van der Waals surface area (Å²) in [6.07, 6.45) is 9.63. The van der Waals surface area contributed by atoms with E-state index in [0.29, 0.717) is 24.7 Å². The zero-order valence-corrected chi connectivity index (χ0v) is 16.7. The van der Waals surface area contributed by atoms with Crippen molar-refractivity contribution in [3.05, 3.63) is 36.0 Å². The summed E-state index contributed by atoms with van der Waals surface area (Å²) in [6.45, 7) is 3.66. The molecule has 2 heterocycles. The van der Waals surface area contributed by atoms with E-state index < -0.39 is 0 Å². The Hall–Kier alpha value is -2.24. The summed E-state index contributed by atoms with van der Waals surface area (Å²) in [6, 6.07) is 6.05. The predicted octanol–water partition coefficient (Wildman–Crippen LogP) is 5.33. The van der Waals surface area contributed by atoms with Gasteiger partial charge in [-0.15, -0.1) is 0 Å². The molecule has 1 fully saturated rings. The summed E-state index contributed by atoms with van der Waals surface area (Å²) in [5.74, 6) is 1.05. The molecule has 1 unspecified atom stereocenters. The van der Waals surface area contributed by atoms with Crippen molar-refractivity contribution >= 4 is 5.91 Å². The van der Waals surface area contributed by atoms with Gasteiger partial charge < -0.3 is 9.42 Å². The van der Waals surface area contributed by atoms with E-state index >= 15 is 0 Å². The van der Waals surface area contributed by atoms with Crippen molar-refractivity contribution in [2.24, 2.45) is 0 Å². The number of unbranched alkanes of at least 4 members (excludes halogenated alkanes) is 5. The van der Waals surface area contributed by atoms with E-state index in [0.717, 1.165) is 37.8 Å². The number of hydrogen-bond acceptors (Lipinski definition) is 4. The lowest BCUT2D eigenvalue weighted by Gasteiger charge is -2.31. The summed E-state index contributed by atoms with van der Waals surface area (Å²) in [4.78, 5) is 19.0. The number of carbonyl (C=O) groups is 1. The van der Waals surface area contributed by atoms with Gasteiger partial charge in [0.05, 0.1) is 5.92 Å². The van der Waals surface area contributed by atoms with Gasteiger partial charge in [-0.25, -0.2) is 4.39 Å². The number of carbonyl (C=O) groups excluding carboxylic acids is 1. The van der Waals surface area contributed by atoms with Crippen molar-refractivity contribution in [3.8, 4) is 11.4 Å². The maximum Gasteiger partial charge on any atom is 0.231 e. The van der Waals surface area contributed by atoms with Crippen LogP contribution in [-0.4, -0.2) is 34.0 Å². The van der Waals surface area contributed by atoms with Crippen LogP contribution in [0.25, 0.3) is 11.4 Å². The average Bonchev–Trinajstić information content (AvgIpc) is 3.21. The third kappa shape index (κ3) is 5.63. The molecule has 1 aromatic carbocycles. The Kier molecular flexibility index (Phi) is 7.57. The number of piperidine rings is 1. The summed E-state index contributed by atoms with van der Waals surface area (Å²) >= 11 is 0. The van der Waals surface area contributed by atoms with Gasteiger partial charge >= 0.3 is 0 Å². The third-order valence-corrected chi connectivity index (χ3v) is 5.41. The van der Waals surface area contributed by atoms with Gasteiger partial charge in [-0.3, -0.25) is 4.79 Å². The summed E-state index contributed by atoms with van der Waals surface area (Å²) in [5.41, 5.74) is 0.725. The third-order valence-electron chi connectivity index (χ3n) is 5.41. The molecule has 0 radical (unpaired) electrons. The minimum absolute atomic E-state index is 0.0731. The fraction of sp³-hybridized carbons (Fsp3) is 0.591.